The fraction of sp³-hybridized carbons (Fsp3) is 0.381. The van der Waals surface area contributed by atoms with Gasteiger partial charge in [-0.2, -0.15) is 4.31 Å². The minimum absolute atomic E-state index is 0.0684. The van der Waals surface area contributed by atoms with Crippen LogP contribution in [0.2, 0.25) is 0 Å². The molecule has 156 valence electrons. The van der Waals surface area contributed by atoms with Gasteiger partial charge in [0.2, 0.25) is 10.0 Å². The summed E-state index contributed by atoms with van der Waals surface area (Å²) in [5.41, 5.74) is 0.585. The van der Waals surface area contributed by atoms with Crippen molar-refractivity contribution in [3.05, 3.63) is 53.8 Å². The molecular formula is C21H25FN2O4S. The molecule has 2 aromatic carbocycles. The van der Waals surface area contributed by atoms with Gasteiger partial charge in [-0.3, -0.25) is 4.79 Å². The molecule has 0 unspecified atom stereocenters. The Balaban J connectivity index is 1.85. The minimum Gasteiger partial charge on any atom is -0.497 e. The highest BCUT2D eigenvalue weighted by atomic mass is 32.2. The van der Waals surface area contributed by atoms with Crippen molar-refractivity contribution < 1.29 is 22.3 Å². The molecule has 0 aromatic heterocycles. The van der Waals surface area contributed by atoms with Gasteiger partial charge in [0.25, 0.3) is 5.91 Å². The number of carbonyl (C=O) groups is 1. The third kappa shape index (κ3) is 4.76. The van der Waals surface area contributed by atoms with Gasteiger partial charge in [0.1, 0.15) is 16.5 Å². The molecule has 0 bridgehead atoms. The number of hydrogen-bond acceptors (Lipinski definition) is 4. The lowest BCUT2D eigenvalue weighted by molar-refractivity contribution is 0.102. The highest BCUT2D eigenvalue weighted by molar-refractivity contribution is 7.89. The number of amides is 1. The molecule has 8 heteroatoms. The summed E-state index contributed by atoms with van der Waals surface area (Å²) in [6, 6.07) is 10.1. The van der Waals surface area contributed by atoms with E-state index in [0.717, 1.165) is 18.6 Å². The fourth-order valence-corrected chi connectivity index (χ4v) is 5.43. The van der Waals surface area contributed by atoms with Crippen LogP contribution >= 0.6 is 0 Å². The molecule has 0 radical (unpaired) electrons. The maximum absolute atomic E-state index is 14.4. The summed E-state index contributed by atoms with van der Waals surface area (Å²) >= 11 is 0. The summed E-state index contributed by atoms with van der Waals surface area (Å²) < 4.78 is 46.9. The van der Waals surface area contributed by atoms with E-state index in [1.54, 1.807) is 24.3 Å². The smallest absolute Gasteiger partial charge is 0.255 e. The number of ether oxygens (including phenoxy) is 1. The second kappa shape index (κ2) is 8.51. The Morgan fingerprint density at radius 1 is 1.10 bits per heavy atom. The van der Waals surface area contributed by atoms with E-state index in [-0.39, 0.29) is 17.4 Å². The first-order chi connectivity index (χ1) is 13.7. The van der Waals surface area contributed by atoms with Crippen molar-refractivity contribution in [2.75, 3.05) is 25.5 Å². The molecule has 1 heterocycles. The molecule has 1 aliphatic heterocycles. The fourth-order valence-electron chi connectivity index (χ4n) is 3.66. The predicted molar refractivity (Wildman–Crippen MR) is 109 cm³/mol. The van der Waals surface area contributed by atoms with E-state index in [1.807, 2.05) is 13.8 Å². The van der Waals surface area contributed by atoms with E-state index in [0.29, 0.717) is 24.5 Å². The molecular weight excluding hydrogens is 395 g/mol. The van der Waals surface area contributed by atoms with Gasteiger partial charge in [0, 0.05) is 24.3 Å². The third-order valence-corrected chi connectivity index (χ3v) is 6.84. The number of halogens is 1. The molecule has 1 saturated heterocycles. The van der Waals surface area contributed by atoms with Crippen LogP contribution in [0.5, 0.6) is 5.75 Å². The van der Waals surface area contributed by atoms with Crippen LogP contribution in [-0.4, -0.2) is 38.8 Å². The number of nitrogens with zero attached hydrogens (tertiary/aromatic N) is 1. The van der Waals surface area contributed by atoms with Gasteiger partial charge < -0.3 is 10.1 Å². The van der Waals surface area contributed by atoms with E-state index in [2.05, 4.69) is 5.32 Å². The SMILES string of the molecule is COc1ccc(NC(=O)c2ccc(F)c(S(=O)(=O)N3C[C@H](C)C[C@@H](C)C3)c2)cc1. The monoisotopic (exact) mass is 420 g/mol. The molecule has 0 saturated carbocycles. The molecule has 3 rings (SSSR count). The summed E-state index contributed by atoms with van der Waals surface area (Å²) in [5, 5.41) is 2.68. The number of nitrogens with one attached hydrogen (secondary N) is 1. The number of benzene rings is 2. The largest absolute Gasteiger partial charge is 0.497 e. The topological polar surface area (TPSA) is 75.7 Å². The molecule has 29 heavy (non-hydrogen) atoms. The van der Waals surface area contributed by atoms with Crippen LogP contribution in [0.1, 0.15) is 30.6 Å². The highest BCUT2D eigenvalue weighted by Gasteiger charge is 2.33. The van der Waals surface area contributed by atoms with Gasteiger partial charge >= 0.3 is 0 Å². The molecule has 0 spiro atoms. The number of hydrogen-bond donors (Lipinski definition) is 1. The van der Waals surface area contributed by atoms with Crippen LogP contribution in [0.15, 0.2) is 47.4 Å². The van der Waals surface area contributed by atoms with E-state index < -0.39 is 26.6 Å². The predicted octanol–water partition coefficient (Wildman–Crippen LogP) is 3.75. The van der Waals surface area contributed by atoms with Gasteiger partial charge in [-0.25, -0.2) is 12.8 Å². The number of methoxy groups -OCH3 is 1. The molecule has 1 fully saturated rings. The third-order valence-electron chi connectivity index (χ3n) is 4.99. The molecule has 1 aliphatic rings. The second-order valence-electron chi connectivity index (χ2n) is 7.60. The Kier molecular flexibility index (Phi) is 6.24. The summed E-state index contributed by atoms with van der Waals surface area (Å²) in [5.74, 6) is -0.358. The van der Waals surface area contributed by atoms with Crippen LogP contribution < -0.4 is 10.1 Å². The van der Waals surface area contributed by atoms with Crippen LogP contribution in [0.3, 0.4) is 0 Å². The molecule has 2 aromatic rings. The molecule has 6 nitrogen and oxygen atoms in total. The molecule has 1 N–H and O–H groups in total. The number of anilines is 1. The lowest BCUT2D eigenvalue weighted by Crippen LogP contribution is -2.42. The first kappa shape index (κ1) is 21.3. The van der Waals surface area contributed by atoms with Crippen molar-refractivity contribution in [1.82, 2.24) is 4.31 Å². The number of piperidine rings is 1. The summed E-state index contributed by atoms with van der Waals surface area (Å²) in [6.07, 6.45) is 0.929. The van der Waals surface area contributed by atoms with E-state index in [9.17, 15) is 17.6 Å². The second-order valence-corrected chi connectivity index (χ2v) is 9.50. The van der Waals surface area contributed by atoms with Gasteiger partial charge in [-0.15, -0.1) is 0 Å². The summed E-state index contributed by atoms with van der Waals surface area (Å²) in [4.78, 5) is 12.1. The minimum atomic E-state index is -4.03. The lowest BCUT2D eigenvalue weighted by Gasteiger charge is -2.34. The van der Waals surface area contributed by atoms with E-state index in [4.69, 9.17) is 4.74 Å². The molecule has 1 amide bonds. The van der Waals surface area contributed by atoms with E-state index in [1.165, 1.54) is 17.5 Å². The summed E-state index contributed by atoms with van der Waals surface area (Å²) in [7, 11) is -2.50. The van der Waals surface area contributed by atoms with Gasteiger partial charge in [0.15, 0.2) is 0 Å². The average Bonchev–Trinajstić information content (AvgIpc) is 2.68. The maximum atomic E-state index is 14.4. The molecule has 0 aliphatic carbocycles. The Bertz CT molecular complexity index is 982. The number of sulfonamides is 1. The number of rotatable bonds is 5. The average molecular weight is 421 g/mol. The van der Waals surface area contributed by atoms with Crippen molar-refractivity contribution in [3.8, 4) is 5.75 Å². The molecule has 2 atom stereocenters. The first-order valence-corrected chi connectivity index (χ1v) is 10.9. The quantitative estimate of drug-likeness (QED) is 0.799. The summed E-state index contributed by atoms with van der Waals surface area (Å²) in [6.45, 7) is 4.64. The van der Waals surface area contributed by atoms with Crippen LogP contribution in [0, 0.1) is 17.7 Å². The Labute approximate surface area is 170 Å². The van der Waals surface area contributed by atoms with Crippen LogP contribution in [0.25, 0.3) is 0 Å². The van der Waals surface area contributed by atoms with Gasteiger partial charge in [0.05, 0.1) is 7.11 Å². The van der Waals surface area contributed by atoms with Crippen molar-refractivity contribution in [2.45, 2.75) is 25.2 Å². The highest BCUT2D eigenvalue weighted by Crippen LogP contribution is 2.28. The first-order valence-electron chi connectivity index (χ1n) is 9.46. The standard InChI is InChI=1S/C21H25FN2O4S/c1-14-10-15(2)13-24(12-14)29(26,27)20-11-16(4-9-19(20)22)21(25)23-17-5-7-18(28-3)8-6-17/h4-9,11,14-15H,10,12-13H2,1-3H3,(H,23,25)/t14-,15-/m1/s1. The Hall–Kier alpha value is -2.45. The lowest BCUT2D eigenvalue weighted by atomic mass is 9.94. The zero-order valence-corrected chi connectivity index (χ0v) is 17.5. The maximum Gasteiger partial charge on any atom is 0.255 e. The van der Waals surface area contributed by atoms with Crippen molar-refractivity contribution in [1.29, 1.82) is 0 Å². The van der Waals surface area contributed by atoms with Crippen LogP contribution in [0.4, 0.5) is 10.1 Å². The van der Waals surface area contributed by atoms with Gasteiger partial charge in [-0.05, 0) is 60.7 Å². The number of carbonyl (C=O) groups excluding carboxylic acids is 1. The Morgan fingerprint density at radius 3 is 2.31 bits per heavy atom. The van der Waals surface area contributed by atoms with Crippen LogP contribution in [-0.2, 0) is 10.0 Å². The zero-order chi connectivity index (χ0) is 21.2. The zero-order valence-electron chi connectivity index (χ0n) is 16.7. The normalized spacial score (nSPS) is 20.3. The van der Waals surface area contributed by atoms with Crippen molar-refractivity contribution >= 4 is 21.6 Å². The van der Waals surface area contributed by atoms with Crippen molar-refractivity contribution in [2.24, 2.45) is 11.8 Å². The van der Waals surface area contributed by atoms with Gasteiger partial charge in [-0.1, -0.05) is 13.8 Å². The Morgan fingerprint density at radius 2 is 1.72 bits per heavy atom. The van der Waals surface area contributed by atoms with Crippen molar-refractivity contribution in [3.63, 3.8) is 0 Å². The van der Waals surface area contributed by atoms with E-state index >= 15 is 0 Å².